The van der Waals surface area contributed by atoms with Crippen molar-refractivity contribution in [3.63, 3.8) is 0 Å². The quantitative estimate of drug-likeness (QED) is 0.799. The monoisotopic (exact) mass is 365 g/mol. The lowest BCUT2D eigenvalue weighted by molar-refractivity contribution is -0.141. The van der Waals surface area contributed by atoms with E-state index in [-0.39, 0.29) is 6.04 Å². The van der Waals surface area contributed by atoms with Crippen LogP contribution in [-0.2, 0) is 12.6 Å². The minimum absolute atomic E-state index is 0.137. The van der Waals surface area contributed by atoms with E-state index in [2.05, 4.69) is 21.8 Å². The van der Waals surface area contributed by atoms with Gasteiger partial charge in [-0.15, -0.1) is 0 Å². The molecule has 0 saturated carbocycles. The van der Waals surface area contributed by atoms with Crippen LogP contribution < -0.4 is 4.74 Å². The predicted molar refractivity (Wildman–Crippen MR) is 91.8 cm³/mol. The van der Waals surface area contributed by atoms with Gasteiger partial charge in [-0.25, -0.2) is 4.98 Å². The zero-order chi connectivity index (χ0) is 18.7. The average Bonchev–Trinajstić information content (AvgIpc) is 3.09. The summed E-state index contributed by atoms with van der Waals surface area (Å²) in [5.74, 6) is 0.910. The molecule has 0 amide bonds. The van der Waals surface area contributed by atoms with Crippen molar-refractivity contribution in [1.82, 2.24) is 14.9 Å². The van der Waals surface area contributed by atoms with Gasteiger partial charge in [-0.05, 0) is 56.0 Å². The Bertz CT molecular complexity index is 751. The third-order valence-electron chi connectivity index (χ3n) is 4.89. The van der Waals surface area contributed by atoms with Crippen LogP contribution >= 0.6 is 0 Å². The number of hydrogen-bond acceptors (Lipinski definition) is 4. The van der Waals surface area contributed by atoms with Gasteiger partial charge in [0.2, 0.25) is 5.88 Å². The van der Waals surface area contributed by atoms with E-state index in [1.54, 1.807) is 13.2 Å². The number of halogens is 3. The molecule has 3 rings (SSSR count). The number of ether oxygens (including phenoxy) is 1. The summed E-state index contributed by atoms with van der Waals surface area (Å²) in [5.41, 5.74) is 0.804. The fourth-order valence-electron chi connectivity index (χ4n) is 3.43. The molecule has 1 unspecified atom stereocenters. The van der Waals surface area contributed by atoms with Gasteiger partial charge in [0.15, 0.2) is 0 Å². The highest BCUT2D eigenvalue weighted by Gasteiger charge is 2.33. The van der Waals surface area contributed by atoms with Gasteiger partial charge in [0.25, 0.3) is 0 Å². The van der Waals surface area contributed by atoms with Crippen molar-refractivity contribution in [3.05, 3.63) is 53.5 Å². The molecule has 0 aromatic carbocycles. The number of hydrogen-bond donors (Lipinski definition) is 0. The van der Waals surface area contributed by atoms with Gasteiger partial charge in [-0.2, -0.15) is 13.2 Å². The zero-order valence-corrected chi connectivity index (χ0v) is 14.8. The lowest BCUT2D eigenvalue weighted by Gasteiger charge is -2.24. The smallest absolute Gasteiger partial charge is 0.433 e. The molecular formula is C19H22F3N3O. The van der Waals surface area contributed by atoms with E-state index in [9.17, 15) is 13.2 Å². The molecule has 3 heterocycles. The molecule has 0 N–H and O–H groups in total. The highest BCUT2D eigenvalue weighted by Crippen LogP contribution is 2.31. The molecule has 1 aliphatic rings. The maximum Gasteiger partial charge on any atom is 0.433 e. The first-order chi connectivity index (χ1) is 12.4. The molecule has 0 spiro atoms. The highest BCUT2D eigenvalue weighted by molar-refractivity contribution is 5.20. The van der Waals surface area contributed by atoms with E-state index in [1.807, 2.05) is 18.2 Å². The molecule has 2 aromatic rings. The van der Waals surface area contributed by atoms with Crippen LogP contribution in [0.4, 0.5) is 13.2 Å². The van der Waals surface area contributed by atoms with Crippen molar-refractivity contribution in [1.29, 1.82) is 0 Å². The molecule has 4 nitrogen and oxygen atoms in total. The Morgan fingerprint density at radius 1 is 1.31 bits per heavy atom. The van der Waals surface area contributed by atoms with Crippen molar-refractivity contribution in [2.75, 3.05) is 20.2 Å². The Labute approximate surface area is 151 Å². The van der Waals surface area contributed by atoms with E-state index in [0.717, 1.165) is 31.3 Å². The summed E-state index contributed by atoms with van der Waals surface area (Å²) in [4.78, 5) is 10.2. The number of nitrogens with zero attached hydrogens (tertiary/aromatic N) is 3. The van der Waals surface area contributed by atoms with E-state index in [0.29, 0.717) is 23.8 Å². The molecule has 0 bridgehead atoms. The molecule has 1 fully saturated rings. The second kappa shape index (κ2) is 7.61. The molecule has 0 radical (unpaired) electrons. The van der Waals surface area contributed by atoms with Gasteiger partial charge in [-0.1, -0.05) is 6.07 Å². The Morgan fingerprint density at radius 2 is 2.12 bits per heavy atom. The molecule has 140 valence electrons. The first kappa shape index (κ1) is 18.6. The van der Waals surface area contributed by atoms with Crippen molar-refractivity contribution < 1.29 is 17.9 Å². The Balaban J connectivity index is 1.63. The minimum atomic E-state index is -4.40. The van der Waals surface area contributed by atoms with Gasteiger partial charge in [0, 0.05) is 24.8 Å². The van der Waals surface area contributed by atoms with Crippen LogP contribution in [-0.4, -0.2) is 35.1 Å². The van der Waals surface area contributed by atoms with E-state index in [4.69, 9.17) is 4.74 Å². The van der Waals surface area contributed by atoms with Crippen molar-refractivity contribution in [2.45, 2.75) is 32.0 Å². The Hall–Kier alpha value is -2.15. The number of alkyl halides is 3. The van der Waals surface area contributed by atoms with Crippen LogP contribution in [0, 0.1) is 5.92 Å². The molecule has 2 atom stereocenters. The van der Waals surface area contributed by atoms with Gasteiger partial charge < -0.3 is 4.74 Å². The summed E-state index contributed by atoms with van der Waals surface area (Å²) < 4.78 is 43.6. The second-order valence-electron chi connectivity index (χ2n) is 6.68. The lowest BCUT2D eigenvalue weighted by atomic mass is 9.99. The van der Waals surface area contributed by atoms with E-state index in [1.165, 1.54) is 6.20 Å². The summed E-state index contributed by atoms with van der Waals surface area (Å²) in [6, 6.07) is 8.67. The number of rotatable bonds is 5. The van der Waals surface area contributed by atoms with E-state index < -0.39 is 11.9 Å². The minimum Gasteiger partial charge on any atom is -0.481 e. The fraction of sp³-hybridized carbons (Fsp3) is 0.474. The molecule has 1 saturated heterocycles. The maximum absolute atomic E-state index is 12.8. The van der Waals surface area contributed by atoms with Crippen molar-refractivity contribution >= 4 is 0 Å². The summed E-state index contributed by atoms with van der Waals surface area (Å²) in [7, 11) is 1.59. The average molecular weight is 365 g/mol. The van der Waals surface area contributed by atoms with E-state index >= 15 is 0 Å². The van der Waals surface area contributed by atoms with Gasteiger partial charge in [0.05, 0.1) is 12.8 Å². The van der Waals surface area contributed by atoms with Gasteiger partial charge in [0.1, 0.15) is 5.69 Å². The molecule has 1 aliphatic heterocycles. The largest absolute Gasteiger partial charge is 0.481 e. The van der Waals surface area contributed by atoms with Crippen LogP contribution in [0.15, 0.2) is 36.5 Å². The first-order valence-corrected chi connectivity index (χ1v) is 8.64. The Morgan fingerprint density at radius 3 is 2.85 bits per heavy atom. The second-order valence-corrected chi connectivity index (χ2v) is 6.68. The fourth-order valence-corrected chi connectivity index (χ4v) is 3.43. The normalized spacial score (nSPS) is 19.5. The summed E-state index contributed by atoms with van der Waals surface area (Å²) in [6.45, 7) is 3.84. The molecule has 7 heteroatoms. The van der Waals surface area contributed by atoms with Crippen LogP contribution in [0.5, 0.6) is 5.88 Å². The zero-order valence-electron chi connectivity index (χ0n) is 14.8. The summed E-state index contributed by atoms with van der Waals surface area (Å²) in [6.07, 6.45) is -1.57. The van der Waals surface area contributed by atoms with Crippen molar-refractivity contribution in [2.24, 2.45) is 5.92 Å². The highest BCUT2D eigenvalue weighted by atomic mass is 19.4. The topological polar surface area (TPSA) is 38.2 Å². The third kappa shape index (κ3) is 4.33. The third-order valence-corrected chi connectivity index (χ3v) is 4.89. The molecule has 26 heavy (non-hydrogen) atoms. The molecule has 2 aromatic heterocycles. The van der Waals surface area contributed by atoms with Crippen LogP contribution in [0.1, 0.15) is 36.3 Å². The van der Waals surface area contributed by atoms with Crippen LogP contribution in [0.3, 0.4) is 0 Å². The Kier molecular flexibility index (Phi) is 5.46. The molecular weight excluding hydrogens is 343 g/mol. The standard InChI is InChI=1S/C19H22F3N3O/c1-13(16-4-3-5-18(24-16)26-2)25-9-7-15(12-25)10-14-6-8-23-17(11-14)19(20,21)22/h3-6,8,11,13,15H,7,9-10,12H2,1-2H3/t13?,15-/m1/s1. The number of methoxy groups -OCH3 is 1. The van der Waals surface area contributed by atoms with Gasteiger partial charge in [-0.3, -0.25) is 9.88 Å². The predicted octanol–water partition coefficient (Wildman–Crippen LogP) is 4.13. The SMILES string of the molecule is COc1cccc(C(C)N2CC[C@H](Cc3ccnc(C(F)(F)F)c3)C2)n1. The summed E-state index contributed by atoms with van der Waals surface area (Å²) in [5, 5.41) is 0. The number of aromatic nitrogens is 2. The lowest BCUT2D eigenvalue weighted by Crippen LogP contribution is -2.25. The summed E-state index contributed by atoms with van der Waals surface area (Å²) >= 11 is 0. The van der Waals surface area contributed by atoms with Crippen LogP contribution in [0.2, 0.25) is 0 Å². The molecule has 0 aliphatic carbocycles. The van der Waals surface area contributed by atoms with Crippen LogP contribution in [0.25, 0.3) is 0 Å². The maximum atomic E-state index is 12.8. The van der Waals surface area contributed by atoms with Crippen molar-refractivity contribution in [3.8, 4) is 5.88 Å². The van der Waals surface area contributed by atoms with Gasteiger partial charge >= 0.3 is 6.18 Å². The number of pyridine rings is 2. The first-order valence-electron chi connectivity index (χ1n) is 8.64. The number of likely N-dealkylation sites (tertiary alicyclic amines) is 1.